The predicted molar refractivity (Wildman–Crippen MR) is 97.9 cm³/mol. The second-order valence-corrected chi connectivity index (χ2v) is 7.15. The third kappa shape index (κ3) is 3.35. The monoisotopic (exact) mass is 354 g/mol. The third-order valence-corrected chi connectivity index (χ3v) is 5.30. The standard InChI is InChI=1S/C19H26N6O/c1-3-4-9-16-20-19(26-23-16)14(2)24-11-7-8-15(13-24)18-22-21-17-10-5-6-12-25(17)18/h5-6,10,12,14-15H,3-4,7-9,11,13H2,1-2H3. The topological polar surface area (TPSA) is 72.4 Å². The van der Waals surface area contributed by atoms with Crippen molar-refractivity contribution >= 4 is 5.65 Å². The van der Waals surface area contributed by atoms with Crippen LogP contribution >= 0.6 is 0 Å². The van der Waals surface area contributed by atoms with E-state index in [0.29, 0.717) is 5.92 Å². The maximum absolute atomic E-state index is 5.54. The molecule has 0 amide bonds. The van der Waals surface area contributed by atoms with E-state index in [1.165, 1.54) is 0 Å². The Morgan fingerprint density at radius 2 is 2.23 bits per heavy atom. The van der Waals surface area contributed by atoms with Crippen LogP contribution in [-0.2, 0) is 6.42 Å². The summed E-state index contributed by atoms with van der Waals surface area (Å²) >= 11 is 0. The van der Waals surface area contributed by atoms with Crippen LogP contribution in [0.1, 0.15) is 69.0 Å². The summed E-state index contributed by atoms with van der Waals surface area (Å²) in [6.45, 7) is 6.30. The maximum atomic E-state index is 5.54. The molecule has 3 aromatic heterocycles. The molecule has 1 aliphatic heterocycles. The van der Waals surface area contributed by atoms with Gasteiger partial charge in [-0.25, -0.2) is 0 Å². The highest BCUT2D eigenvalue weighted by Gasteiger charge is 2.30. The summed E-state index contributed by atoms with van der Waals surface area (Å²) in [5.74, 6) is 2.96. The fourth-order valence-electron chi connectivity index (χ4n) is 3.74. The molecule has 3 aromatic rings. The number of hydrogen-bond acceptors (Lipinski definition) is 6. The molecule has 0 aromatic carbocycles. The van der Waals surface area contributed by atoms with E-state index in [2.05, 4.69) is 43.5 Å². The number of hydrogen-bond donors (Lipinski definition) is 0. The molecule has 2 unspecified atom stereocenters. The Morgan fingerprint density at radius 1 is 1.31 bits per heavy atom. The van der Waals surface area contributed by atoms with E-state index in [4.69, 9.17) is 4.52 Å². The van der Waals surface area contributed by atoms with Crippen molar-refractivity contribution in [1.29, 1.82) is 0 Å². The molecule has 4 rings (SSSR count). The summed E-state index contributed by atoms with van der Waals surface area (Å²) in [6, 6.07) is 6.14. The lowest BCUT2D eigenvalue weighted by atomic mass is 9.96. The first kappa shape index (κ1) is 17.1. The van der Waals surface area contributed by atoms with Gasteiger partial charge in [0.15, 0.2) is 11.5 Å². The van der Waals surface area contributed by atoms with Crippen LogP contribution in [-0.4, -0.2) is 42.7 Å². The molecule has 0 N–H and O–H groups in total. The quantitative estimate of drug-likeness (QED) is 0.675. The molecule has 2 atom stereocenters. The molecule has 0 spiro atoms. The lowest BCUT2D eigenvalue weighted by Crippen LogP contribution is -2.37. The summed E-state index contributed by atoms with van der Waals surface area (Å²) in [6.07, 6.45) is 7.43. The number of fused-ring (bicyclic) bond motifs is 1. The zero-order valence-electron chi connectivity index (χ0n) is 15.5. The van der Waals surface area contributed by atoms with Crippen LogP contribution in [0, 0.1) is 0 Å². The molecule has 0 bridgehead atoms. The first-order chi connectivity index (χ1) is 12.8. The Morgan fingerprint density at radius 3 is 3.12 bits per heavy atom. The van der Waals surface area contributed by atoms with Crippen LogP contribution in [0.3, 0.4) is 0 Å². The minimum absolute atomic E-state index is 0.125. The average molecular weight is 354 g/mol. The van der Waals surface area contributed by atoms with Crippen molar-refractivity contribution in [3.05, 3.63) is 41.9 Å². The number of piperidine rings is 1. The molecule has 1 fully saturated rings. The van der Waals surface area contributed by atoms with Gasteiger partial charge in [0, 0.05) is 25.1 Å². The zero-order chi connectivity index (χ0) is 17.9. The van der Waals surface area contributed by atoms with Crippen molar-refractivity contribution in [3.8, 4) is 0 Å². The number of aromatic nitrogens is 5. The van der Waals surface area contributed by atoms with Gasteiger partial charge in [0.2, 0.25) is 5.89 Å². The lowest BCUT2D eigenvalue weighted by molar-refractivity contribution is 0.130. The maximum Gasteiger partial charge on any atom is 0.243 e. The summed E-state index contributed by atoms with van der Waals surface area (Å²) < 4.78 is 7.64. The molecule has 0 saturated carbocycles. The minimum atomic E-state index is 0.125. The van der Waals surface area contributed by atoms with Gasteiger partial charge in [-0.2, -0.15) is 4.98 Å². The first-order valence-corrected chi connectivity index (χ1v) is 9.62. The Bertz CT molecular complexity index is 856. The Kier molecular flexibility index (Phi) is 4.97. The normalized spacial score (nSPS) is 19.8. The van der Waals surface area contributed by atoms with Gasteiger partial charge in [-0.15, -0.1) is 10.2 Å². The number of aryl methyl sites for hydroxylation is 1. The minimum Gasteiger partial charge on any atom is -0.338 e. The Labute approximate surface area is 153 Å². The van der Waals surface area contributed by atoms with Gasteiger partial charge >= 0.3 is 0 Å². The van der Waals surface area contributed by atoms with E-state index in [0.717, 1.165) is 68.4 Å². The third-order valence-electron chi connectivity index (χ3n) is 5.30. The van der Waals surface area contributed by atoms with E-state index < -0.39 is 0 Å². The van der Waals surface area contributed by atoms with E-state index in [1.54, 1.807) is 0 Å². The van der Waals surface area contributed by atoms with Gasteiger partial charge in [-0.05, 0) is 44.9 Å². The van der Waals surface area contributed by atoms with Crippen LogP contribution in [0.5, 0.6) is 0 Å². The highest BCUT2D eigenvalue weighted by Crippen LogP contribution is 2.31. The predicted octanol–water partition coefficient (Wildman–Crippen LogP) is 3.40. The molecular formula is C19H26N6O. The van der Waals surface area contributed by atoms with Crippen LogP contribution in [0.2, 0.25) is 0 Å². The fraction of sp³-hybridized carbons (Fsp3) is 0.579. The summed E-state index contributed by atoms with van der Waals surface area (Å²) in [5.41, 5.74) is 0.908. The van der Waals surface area contributed by atoms with Gasteiger partial charge in [-0.1, -0.05) is 24.6 Å². The smallest absolute Gasteiger partial charge is 0.243 e. The molecule has 4 heterocycles. The molecule has 138 valence electrons. The van der Waals surface area contributed by atoms with Gasteiger partial charge in [-0.3, -0.25) is 9.30 Å². The van der Waals surface area contributed by atoms with Gasteiger partial charge < -0.3 is 4.52 Å². The average Bonchev–Trinajstić information content (AvgIpc) is 3.33. The molecule has 0 aliphatic carbocycles. The van der Waals surface area contributed by atoms with E-state index in [9.17, 15) is 0 Å². The summed E-state index contributed by atoms with van der Waals surface area (Å²) in [5, 5.41) is 12.9. The van der Waals surface area contributed by atoms with Crippen molar-refractivity contribution in [2.75, 3.05) is 13.1 Å². The Hall–Kier alpha value is -2.28. The van der Waals surface area contributed by atoms with Gasteiger partial charge in [0.05, 0.1) is 6.04 Å². The van der Waals surface area contributed by atoms with Crippen molar-refractivity contribution in [2.45, 2.75) is 57.9 Å². The van der Waals surface area contributed by atoms with Crippen LogP contribution < -0.4 is 0 Å². The molecule has 7 nitrogen and oxygen atoms in total. The fourth-order valence-corrected chi connectivity index (χ4v) is 3.74. The molecule has 1 aliphatic rings. The van der Waals surface area contributed by atoms with Crippen molar-refractivity contribution < 1.29 is 4.52 Å². The second kappa shape index (κ2) is 7.53. The van der Waals surface area contributed by atoms with Gasteiger partial charge in [0.1, 0.15) is 5.82 Å². The molecule has 7 heteroatoms. The number of nitrogens with zero attached hydrogens (tertiary/aromatic N) is 6. The number of rotatable bonds is 6. The van der Waals surface area contributed by atoms with E-state index in [1.807, 2.05) is 24.4 Å². The molecule has 0 radical (unpaired) electrons. The number of pyridine rings is 1. The van der Waals surface area contributed by atoms with Crippen molar-refractivity contribution in [2.24, 2.45) is 0 Å². The number of likely N-dealkylation sites (tertiary alicyclic amines) is 1. The SMILES string of the molecule is CCCCc1noc(C(C)N2CCCC(c3nnc4ccccn34)C2)n1. The second-order valence-electron chi connectivity index (χ2n) is 7.15. The van der Waals surface area contributed by atoms with Crippen LogP contribution in [0.4, 0.5) is 0 Å². The Balaban J connectivity index is 1.48. The summed E-state index contributed by atoms with van der Waals surface area (Å²) in [4.78, 5) is 7.03. The van der Waals surface area contributed by atoms with Crippen molar-refractivity contribution in [3.63, 3.8) is 0 Å². The van der Waals surface area contributed by atoms with Gasteiger partial charge in [0.25, 0.3) is 0 Å². The highest BCUT2D eigenvalue weighted by molar-refractivity contribution is 5.37. The lowest BCUT2D eigenvalue weighted by Gasteiger charge is -2.34. The highest BCUT2D eigenvalue weighted by atomic mass is 16.5. The first-order valence-electron chi connectivity index (χ1n) is 9.62. The van der Waals surface area contributed by atoms with E-state index >= 15 is 0 Å². The molecular weight excluding hydrogens is 328 g/mol. The molecule has 26 heavy (non-hydrogen) atoms. The van der Waals surface area contributed by atoms with Crippen LogP contribution in [0.25, 0.3) is 5.65 Å². The van der Waals surface area contributed by atoms with Crippen LogP contribution in [0.15, 0.2) is 28.9 Å². The van der Waals surface area contributed by atoms with E-state index in [-0.39, 0.29) is 6.04 Å². The summed E-state index contributed by atoms with van der Waals surface area (Å²) in [7, 11) is 0. The zero-order valence-corrected chi connectivity index (χ0v) is 15.5. The number of unbranched alkanes of at least 4 members (excludes halogenated alkanes) is 1. The van der Waals surface area contributed by atoms with Crippen molar-refractivity contribution in [1.82, 2.24) is 29.6 Å². The largest absolute Gasteiger partial charge is 0.338 e. The molecule has 1 saturated heterocycles.